The Balaban J connectivity index is 2.27. The highest BCUT2D eigenvalue weighted by Crippen LogP contribution is 2.35. The summed E-state index contributed by atoms with van der Waals surface area (Å²) < 4.78 is 13.1. The molecule has 2 aromatic carbocycles. The summed E-state index contributed by atoms with van der Waals surface area (Å²) in [5, 5.41) is 8.18. The van der Waals surface area contributed by atoms with E-state index in [0.29, 0.717) is 4.90 Å². The van der Waals surface area contributed by atoms with Crippen LogP contribution in [0.4, 0.5) is 4.39 Å². The maximum Gasteiger partial charge on any atom is 0.261 e. The molecule has 5 heteroatoms. The SMILES string of the molecule is O=C(NO)C(Sc1cccc(F)c1)c1ccccc1. The zero-order valence-electron chi connectivity index (χ0n) is 9.92. The lowest BCUT2D eigenvalue weighted by atomic mass is 10.1. The van der Waals surface area contributed by atoms with Crippen molar-refractivity contribution in [3.05, 3.63) is 66.0 Å². The van der Waals surface area contributed by atoms with Gasteiger partial charge in [0.1, 0.15) is 11.1 Å². The molecule has 0 heterocycles. The van der Waals surface area contributed by atoms with Gasteiger partial charge in [0.15, 0.2) is 0 Å². The lowest BCUT2D eigenvalue weighted by Gasteiger charge is -2.14. The lowest BCUT2D eigenvalue weighted by Crippen LogP contribution is -2.24. The third kappa shape index (κ3) is 3.56. The summed E-state index contributed by atoms with van der Waals surface area (Å²) in [6.07, 6.45) is 0. The van der Waals surface area contributed by atoms with E-state index >= 15 is 0 Å². The molecule has 0 aromatic heterocycles. The molecule has 0 aliphatic heterocycles. The van der Waals surface area contributed by atoms with Gasteiger partial charge in [-0.15, -0.1) is 11.8 Å². The number of amides is 1. The molecule has 1 atom stereocenters. The van der Waals surface area contributed by atoms with E-state index in [1.54, 1.807) is 41.9 Å². The predicted octanol–water partition coefficient (Wildman–Crippen LogP) is 3.16. The molecule has 2 aromatic rings. The van der Waals surface area contributed by atoms with E-state index in [1.807, 2.05) is 6.07 Å². The van der Waals surface area contributed by atoms with Gasteiger partial charge in [-0.25, -0.2) is 9.87 Å². The topological polar surface area (TPSA) is 49.3 Å². The smallest absolute Gasteiger partial charge is 0.261 e. The lowest BCUT2D eigenvalue weighted by molar-refractivity contribution is -0.128. The van der Waals surface area contributed by atoms with Gasteiger partial charge in [-0.1, -0.05) is 36.4 Å². The molecule has 0 spiro atoms. The number of hydrogen-bond acceptors (Lipinski definition) is 3. The zero-order valence-corrected chi connectivity index (χ0v) is 10.7. The first-order valence-electron chi connectivity index (χ1n) is 5.62. The summed E-state index contributed by atoms with van der Waals surface area (Å²) in [5.41, 5.74) is 2.38. The molecule has 0 fully saturated rings. The molecular formula is C14H12FNO2S. The number of hydrogen-bond donors (Lipinski definition) is 2. The Labute approximate surface area is 114 Å². The van der Waals surface area contributed by atoms with Gasteiger partial charge in [0.05, 0.1) is 0 Å². The van der Waals surface area contributed by atoms with Crippen LogP contribution in [-0.4, -0.2) is 11.1 Å². The Morgan fingerprint density at radius 1 is 1.16 bits per heavy atom. The van der Waals surface area contributed by atoms with Crippen molar-refractivity contribution >= 4 is 17.7 Å². The minimum Gasteiger partial charge on any atom is -0.289 e. The van der Waals surface area contributed by atoms with Crippen LogP contribution >= 0.6 is 11.8 Å². The Morgan fingerprint density at radius 2 is 1.89 bits per heavy atom. The monoisotopic (exact) mass is 277 g/mol. The Hall–Kier alpha value is -1.85. The van der Waals surface area contributed by atoms with Crippen molar-refractivity contribution in [3.63, 3.8) is 0 Å². The summed E-state index contributed by atoms with van der Waals surface area (Å²) in [7, 11) is 0. The summed E-state index contributed by atoms with van der Waals surface area (Å²) in [5.74, 6) is -0.901. The second-order valence-electron chi connectivity index (χ2n) is 3.84. The number of rotatable bonds is 4. The zero-order chi connectivity index (χ0) is 13.7. The van der Waals surface area contributed by atoms with Crippen molar-refractivity contribution < 1.29 is 14.4 Å². The van der Waals surface area contributed by atoms with Crippen LogP contribution in [0, 0.1) is 5.82 Å². The molecule has 3 nitrogen and oxygen atoms in total. The van der Waals surface area contributed by atoms with E-state index in [4.69, 9.17) is 5.21 Å². The molecule has 2 N–H and O–H groups in total. The van der Waals surface area contributed by atoms with Crippen LogP contribution in [0.5, 0.6) is 0 Å². The largest absolute Gasteiger partial charge is 0.289 e. The Kier molecular flexibility index (Phi) is 4.54. The van der Waals surface area contributed by atoms with Crippen LogP contribution < -0.4 is 5.48 Å². The fourth-order valence-corrected chi connectivity index (χ4v) is 2.70. The fourth-order valence-electron chi connectivity index (χ4n) is 1.64. The Bertz CT molecular complexity index is 562. The van der Waals surface area contributed by atoms with Crippen molar-refractivity contribution in [3.8, 4) is 0 Å². The van der Waals surface area contributed by atoms with Gasteiger partial charge in [-0.05, 0) is 23.8 Å². The molecule has 0 aliphatic carbocycles. The molecule has 19 heavy (non-hydrogen) atoms. The molecule has 98 valence electrons. The highest BCUT2D eigenvalue weighted by molar-refractivity contribution is 8.00. The average molecular weight is 277 g/mol. The minimum atomic E-state index is -0.631. The highest BCUT2D eigenvalue weighted by Gasteiger charge is 2.21. The fraction of sp³-hybridized carbons (Fsp3) is 0.0714. The molecule has 0 saturated heterocycles. The average Bonchev–Trinajstić information content (AvgIpc) is 2.45. The number of benzene rings is 2. The molecule has 0 radical (unpaired) electrons. The number of carbonyl (C=O) groups is 1. The van der Waals surface area contributed by atoms with Crippen LogP contribution in [0.2, 0.25) is 0 Å². The molecule has 2 rings (SSSR count). The maximum atomic E-state index is 13.1. The van der Waals surface area contributed by atoms with Crippen molar-refractivity contribution in [2.45, 2.75) is 10.1 Å². The van der Waals surface area contributed by atoms with Crippen LogP contribution in [-0.2, 0) is 4.79 Å². The van der Waals surface area contributed by atoms with Crippen LogP contribution in [0.3, 0.4) is 0 Å². The summed E-state index contributed by atoms with van der Waals surface area (Å²) in [6.45, 7) is 0. The van der Waals surface area contributed by atoms with Crippen LogP contribution in [0.1, 0.15) is 10.8 Å². The van der Waals surface area contributed by atoms with E-state index in [9.17, 15) is 9.18 Å². The third-order valence-electron chi connectivity index (χ3n) is 2.50. The van der Waals surface area contributed by atoms with E-state index in [0.717, 1.165) is 5.56 Å². The maximum absolute atomic E-state index is 13.1. The van der Waals surface area contributed by atoms with E-state index in [1.165, 1.54) is 23.9 Å². The van der Waals surface area contributed by atoms with Gasteiger partial charge in [0.25, 0.3) is 5.91 Å². The quantitative estimate of drug-likeness (QED) is 0.513. The summed E-state index contributed by atoms with van der Waals surface area (Å²) >= 11 is 1.18. The van der Waals surface area contributed by atoms with Crippen molar-refractivity contribution in [1.29, 1.82) is 0 Å². The molecular weight excluding hydrogens is 265 g/mol. The highest BCUT2D eigenvalue weighted by atomic mass is 32.2. The molecule has 1 unspecified atom stereocenters. The predicted molar refractivity (Wildman–Crippen MR) is 71.4 cm³/mol. The standard InChI is InChI=1S/C14H12FNO2S/c15-11-7-4-8-12(9-11)19-13(14(17)16-18)10-5-2-1-3-6-10/h1-9,13,18H,(H,16,17). The number of nitrogens with one attached hydrogen (secondary N) is 1. The third-order valence-corrected chi connectivity index (χ3v) is 3.75. The first kappa shape index (κ1) is 13.6. The number of halogens is 1. The van der Waals surface area contributed by atoms with Crippen LogP contribution in [0.15, 0.2) is 59.5 Å². The van der Waals surface area contributed by atoms with Gasteiger partial charge in [0.2, 0.25) is 0 Å². The van der Waals surface area contributed by atoms with Crippen molar-refractivity contribution in [2.75, 3.05) is 0 Å². The molecule has 0 saturated carbocycles. The molecule has 0 bridgehead atoms. The normalized spacial score (nSPS) is 11.9. The van der Waals surface area contributed by atoms with Crippen molar-refractivity contribution in [2.24, 2.45) is 0 Å². The van der Waals surface area contributed by atoms with E-state index in [-0.39, 0.29) is 5.82 Å². The second kappa shape index (κ2) is 6.36. The van der Waals surface area contributed by atoms with Crippen molar-refractivity contribution in [1.82, 2.24) is 5.48 Å². The molecule has 0 aliphatic rings. The van der Waals surface area contributed by atoms with Crippen LogP contribution in [0.25, 0.3) is 0 Å². The minimum absolute atomic E-state index is 0.360. The van der Waals surface area contributed by atoms with E-state index in [2.05, 4.69) is 0 Å². The van der Waals surface area contributed by atoms with Gasteiger partial charge in [-0.2, -0.15) is 0 Å². The van der Waals surface area contributed by atoms with Gasteiger partial charge >= 0.3 is 0 Å². The Morgan fingerprint density at radius 3 is 2.53 bits per heavy atom. The van der Waals surface area contributed by atoms with E-state index < -0.39 is 11.2 Å². The molecule has 1 amide bonds. The van der Waals surface area contributed by atoms with Gasteiger partial charge in [0, 0.05) is 4.90 Å². The van der Waals surface area contributed by atoms with Gasteiger partial charge < -0.3 is 0 Å². The number of thioether (sulfide) groups is 1. The number of carbonyl (C=O) groups excluding carboxylic acids is 1. The first-order valence-corrected chi connectivity index (χ1v) is 6.50. The number of hydroxylamine groups is 1. The summed E-state index contributed by atoms with van der Waals surface area (Å²) in [6, 6.07) is 15.0. The first-order chi connectivity index (χ1) is 9.20. The summed E-state index contributed by atoms with van der Waals surface area (Å²) in [4.78, 5) is 12.3. The second-order valence-corrected chi connectivity index (χ2v) is 5.02. The van der Waals surface area contributed by atoms with Gasteiger partial charge in [-0.3, -0.25) is 10.0 Å².